The lowest BCUT2D eigenvalue weighted by Crippen LogP contribution is -2.24. The molecule has 0 aliphatic rings. The fraction of sp³-hybridized carbons (Fsp3) is 0.318. The number of halogens is 1. The predicted octanol–water partition coefficient (Wildman–Crippen LogP) is 4.13. The summed E-state index contributed by atoms with van der Waals surface area (Å²) in [6.45, 7) is 8.26. The van der Waals surface area contributed by atoms with Gasteiger partial charge in [-0.15, -0.1) is 10.2 Å². The first-order valence-corrected chi connectivity index (χ1v) is 10.7. The molecule has 1 unspecified atom stereocenters. The third-order valence-corrected chi connectivity index (χ3v) is 5.66. The number of hydrogen-bond donors (Lipinski definition) is 2. The Balaban J connectivity index is 1.58. The Morgan fingerprint density at radius 3 is 2.52 bits per heavy atom. The van der Waals surface area contributed by atoms with E-state index in [1.165, 1.54) is 22.4 Å². The zero-order chi connectivity index (χ0) is 22.6. The first-order valence-electron chi connectivity index (χ1n) is 9.80. The normalized spacial score (nSPS) is 12.4. The number of carbonyl (C=O) groups is 1. The van der Waals surface area contributed by atoms with E-state index >= 15 is 0 Å². The van der Waals surface area contributed by atoms with Crippen LogP contribution < -0.4 is 15.9 Å². The van der Waals surface area contributed by atoms with Crippen LogP contribution in [-0.4, -0.2) is 26.0 Å². The van der Waals surface area contributed by atoms with Crippen LogP contribution in [0.15, 0.2) is 53.7 Å². The van der Waals surface area contributed by atoms with Gasteiger partial charge in [0.05, 0.1) is 10.9 Å². The van der Waals surface area contributed by atoms with E-state index in [9.17, 15) is 9.18 Å². The van der Waals surface area contributed by atoms with Gasteiger partial charge in [0.1, 0.15) is 18.2 Å². The number of para-hydroxylation sites is 1. The number of aromatic nitrogens is 3. The van der Waals surface area contributed by atoms with Crippen molar-refractivity contribution in [1.29, 1.82) is 0 Å². The lowest BCUT2D eigenvalue weighted by atomic mass is 9.87. The molecule has 0 saturated heterocycles. The van der Waals surface area contributed by atoms with Gasteiger partial charge in [-0.3, -0.25) is 4.79 Å². The van der Waals surface area contributed by atoms with Gasteiger partial charge in [0.15, 0.2) is 5.82 Å². The fourth-order valence-corrected chi connectivity index (χ4v) is 3.48. The highest BCUT2D eigenvalue weighted by molar-refractivity contribution is 8.00. The van der Waals surface area contributed by atoms with Crippen molar-refractivity contribution in [2.24, 2.45) is 0 Å². The Hall–Kier alpha value is -3.07. The fourth-order valence-electron chi connectivity index (χ4n) is 2.69. The number of ether oxygens (including phenoxy) is 1. The molecule has 0 bridgehead atoms. The standard InChI is InChI=1S/C22H26FN5O2S/c1-14(20(29)25-18-8-6-5-7-17(18)23)31-21-27-26-19(28(21)24)13-30-16-11-9-15(10-12-16)22(2,3)4/h5-12,14H,13,24H2,1-4H3,(H,25,29). The highest BCUT2D eigenvalue weighted by atomic mass is 32.2. The van der Waals surface area contributed by atoms with Crippen LogP contribution in [-0.2, 0) is 16.8 Å². The second-order valence-electron chi connectivity index (χ2n) is 8.06. The summed E-state index contributed by atoms with van der Waals surface area (Å²) in [7, 11) is 0. The van der Waals surface area contributed by atoms with Gasteiger partial charge in [0.25, 0.3) is 0 Å². The van der Waals surface area contributed by atoms with Gasteiger partial charge in [0.2, 0.25) is 11.1 Å². The molecule has 0 aliphatic carbocycles. The molecule has 1 atom stereocenters. The second-order valence-corrected chi connectivity index (χ2v) is 9.37. The highest BCUT2D eigenvalue weighted by Crippen LogP contribution is 2.25. The molecule has 1 aromatic heterocycles. The Kier molecular flexibility index (Phi) is 6.84. The number of anilines is 1. The molecular weight excluding hydrogens is 417 g/mol. The first kappa shape index (κ1) is 22.6. The van der Waals surface area contributed by atoms with Crippen LogP contribution in [0.2, 0.25) is 0 Å². The zero-order valence-corrected chi connectivity index (χ0v) is 18.7. The van der Waals surface area contributed by atoms with E-state index in [0.717, 1.165) is 11.8 Å². The summed E-state index contributed by atoms with van der Waals surface area (Å²) in [4.78, 5) is 12.4. The van der Waals surface area contributed by atoms with Crippen molar-refractivity contribution in [3.63, 3.8) is 0 Å². The Morgan fingerprint density at radius 2 is 1.87 bits per heavy atom. The molecule has 2 aromatic carbocycles. The van der Waals surface area contributed by atoms with E-state index in [2.05, 4.69) is 36.3 Å². The number of nitrogen functional groups attached to an aromatic ring is 1. The largest absolute Gasteiger partial charge is 0.486 e. The van der Waals surface area contributed by atoms with Crippen molar-refractivity contribution in [3.05, 3.63) is 65.7 Å². The molecule has 1 amide bonds. The lowest BCUT2D eigenvalue weighted by Gasteiger charge is -2.19. The van der Waals surface area contributed by atoms with Gasteiger partial charge in [0, 0.05) is 0 Å². The minimum absolute atomic E-state index is 0.0668. The van der Waals surface area contributed by atoms with Crippen molar-refractivity contribution in [2.75, 3.05) is 11.2 Å². The maximum atomic E-state index is 13.7. The maximum absolute atomic E-state index is 13.7. The molecule has 164 valence electrons. The monoisotopic (exact) mass is 443 g/mol. The van der Waals surface area contributed by atoms with Crippen LogP contribution in [0.4, 0.5) is 10.1 Å². The molecular formula is C22H26FN5O2S. The van der Waals surface area contributed by atoms with E-state index in [4.69, 9.17) is 10.6 Å². The van der Waals surface area contributed by atoms with Gasteiger partial charge in [-0.25, -0.2) is 9.07 Å². The molecule has 3 N–H and O–H groups in total. The summed E-state index contributed by atoms with van der Waals surface area (Å²) in [5.74, 6) is 6.33. The number of amides is 1. The SMILES string of the molecule is CC(Sc1nnc(COc2ccc(C(C)(C)C)cc2)n1N)C(=O)Nc1ccccc1F. The molecule has 0 fully saturated rings. The van der Waals surface area contributed by atoms with Crippen LogP contribution >= 0.6 is 11.8 Å². The molecule has 7 nitrogen and oxygen atoms in total. The van der Waals surface area contributed by atoms with Crippen LogP contribution in [0.3, 0.4) is 0 Å². The van der Waals surface area contributed by atoms with Crippen molar-refractivity contribution < 1.29 is 13.9 Å². The van der Waals surface area contributed by atoms with Crippen LogP contribution in [0.1, 0.15) is 39.1 Å². The number of benzene rings is 2. The van der Waals surface area contributed by atoms with E-state index in [-0.39, 0.29) is 23.6 Å². The molecule has 3 aromatic rings. The van der Waals surface area contributed by atoms with Gasteiger partial charge in [-0.2, -0.15) is 0 Å². The average Bonchev–Trinajstić information content (AvgIpc) is 3.07. The summed E-state index contributed by atoms with van der Waals surface area (Å²) in [5, 5.41) is 10.4. The Bertz CT molecular complexity index is 1050. The number of carbonyl (C=O) groups excluding carboxylic acids is 1. The quantitative estimate of drug-likeness (QED) is 0.421. The number of nitrogens with zero attached hydrogens (tertiary/aromatic N) is 3. The summed E-state index contributed by atoms with van der Waals surface area (Å²) >= 11 is 1.12. The van der Waals surface area contributed by atoms with E-state index < -0.39 is 11.1 Å². The Labute approximate surface area is 185 Å². The molecule has 31 heavy (non-hydrogen) atoms. The van der Waals surface area contributed by atoms with Gasteiger partial charge >= 0.3 is 0 Å². The number of rotatable bonds is 7. The van der Waals surface area contributed by atoms with E-state index in [1.807, 2.05) is 24.3 Å². The molecule has 9 heteroatoms. The minimum Gasteiger partial charge on any atom is -0.486 e. The minimum atomic E-state index is -0.565. The van der Waals surface area contributed by atoms with Gasteiger partial charge < -0.3 is 15.9 Å². The number of nitrogens with one attached hydrogen (secondary N) is 1. The molecule has 0 spiro atoms. The van der Waals surface area contributed by atoms with Crippen molar-refractivity contribution in [2.45, 2.75) is 50.1 Å². The summed E-state index contributed by atoms with van der Waals surface area (Å²) in [5.41, 5.74) is 1.40. The second kappa shape index (κ2) is 9.38. The van der Waals surface area contributed by atoms with Crippen molar-refractivity contribution >= 4 is 23.4 Å². The highest BCUT2D eigenvalue weighted by Gasteiger charge is 2.20. The smallest absolute Gasteiger partial charge is 0.237 e. The topological polar surface area (TPSA) is 95.1 Å². The van der Waals surface area contributed by atoms with Gasteiger partial charge in [-0.05, 0) is 42.2 Å². The molecule has 0 aliphatic heterocycles. The Morgan fingerprint density at radius 1 is 1.19 bits per heavy atom. The van der Waals surface area contributed by atoms with Crippen molar-refractivity contribution in [1.82, 2.24) is 14.9 Å². The molecule has 1 heterocycles. The number of hydrogen-bond acceptors (Lipinski definition) is 6. The zero-order valence-electron chi connectivity index (χ0n) is 17.9. The van der Waals surface area contributed by atoms with Crippen LogP contribution in [0, 0.1) is 5.82 Å². The summed E-state index contributed by atoms with van der Waals surface area (Å²) < 4.78 is 20.8. The molecule has 0 radical (unpaired) electrons. The van der Waals surface area contributed by atoms with Crippen LogP contribution in [0.25, 0.3) is 0 Å². The molecule has 0 saturated carbocycles. The third-order valence-electron chi connectivity index (χ3n) is 4.61. The van der Waals surface area contributed by atoms with Gasteiger partial charge in [-0.1, -0.05) is 56.8 Å². The number of nitrogens with two attached hydrogens (primary N) is 1. The number of thioether (sulfide) groups is 1. The third kappa shape index (κ3) is 5.75. The van der Waals surface area contributed by atoms with Crippen molar-refractivity contribution in [3.8, 4) is 5.75 Å². The predicted molar refractivity (Wildman–Crippen MR) is 120 cm³/mol. The summed E-state index contributed by atoms with van der Waals surface area (Å²) in [6.07, 6.45) is 0. The van der Waals surface area contributed by atoms with E-state index in [1.54, 1.807) is 19.1 Å². The van der Waals surface area contributed by atoms with Crippen LogP contribution in [0.5, 0.6) is 5.75 Å². The first-order chi connectivity index (χ1) is 14.6. The van der Waals surface area contributed by atoms with E-state index in [0.29, 0.717) is 16.7 Å². The average molecular weight is 444 g/mol. The lowest BCUT2D eigenvalue weighted by molar-refractivity contribution is -0.115. The summed E-state index contributed by atoms with van der Waals surface area (Å²) in [6, 6.07) is 13.9. The molecule has 3 rings (SSSR count). The maximum Gasteiger partial charge on any atom is 0.237 e.